The highest BCUT2D eigenvalue weighted by atomic mass is 35.5. The summed E-state index contributed by atoms with van der Waals surface area (Å²) in [4.78, 5) is 57.5. The zero-order valence-electron chi connectivity index (χ0n) is 26.8. The summed E-state index contributed by atoms with van der Waals surface area (Å²) in [6.07, 6.45) is 4.34. The number of carbonyl (C=O) groups excluding carboxylic acids is 4. The standard InChI is InChI=1S/C36H35Cl2N5O5/c1-22-9-13-25-6-4-8-31(35(25)40-22)48-21-27-28(37)16-17-29(34(27)38)42(3)33(46)20-39-32(45)18-12-24-10-14-26(15-11-24)41-36(47)30-7-5-19-43(30)23(2)44/h4,6,8-18,30H,5,7,19-21H2,1-3H3,(H,39,45)(H,41,47)/t30-/m0/s1. The molecule has 1 fully saturated rings. The summed E-state index contributed by atoms with van der Waals surface area (Å²) in [5.41, 5.74) is 3.81. The summed E-state index contributed by atoms with van der Waals surface area (Å²) in [6, 6.07) is 19.3. The predicted molar refractivity (Wildman–Crippen MR) is 188 cm³/mol. The van der Waals surface area contributed by atoms with E-state index < -0.39 is 17.9 Å². The number of aromatic nitrogens is 1. The fourth-order valence-corrected chi connectivity index (χ4v) is 6.03. The quantitative estimate of drug-likeness (QED) is 0.192. The lowest BCUT2D eigenvalue weighted by Gasteiger charge is -2.22. The van der Waals surface area contributed by atoms with E-state index in [1.807, 2.05) is 37.3 Å². The molecule has 5 rings (SSSR count). The first-order valence-electron chi connectivity index (χ1n) is 15.4. The number of halogens is 2. The number of pyridine rings is 1. The summed E-state index contributed by atoms with van der Waals surface area (Å²) >= 11 is 13.2. The van der Waals surface area contributed by atoms with Gasteiger partial charge in [-0.25, -0.2) is 4.98 Å². The third kappa shape index (κ3) is 8.13. The molecule has 4 aromatic rings. The lowest BCUT2D eigenvalue weighted by atomic mass is 10.1. The number of nitrogens with one attached hydrogen (secondary N) is 2. The van der Waals surface area contributed by atoms with Crippen LogP contribution < -0.4 is 20.3 Å². The number of carbonyl (C=O) groups is 4. The highest BCUT2D eigenvalue weighted by Crippen LogP contribution is 2.35. The summed E-state index contributed by atoms with van der Waals surface area (Å²) in [5, 5.41) is 7.02. The Bertz CT molecular complexity index is 1900. The lowest BCUT2D eigenvalue weighted by molar-refractivity contribution is -0.134. The van der Waals surface area contributed by atoms with Crippen LogP contribution in [0, 0.1) is 6.92 Å². The van der Waals surface area contributed by atoms with E-state index in [-0.39, 0.29) is 30.0 Å². The SMILES string of the molecule is CC(=O)N1CCC[C@H]1C(=O)Nc1ccc(C=CC(=O)NCC(=O)N(C)c2ccc(Cl)c(COc3cccc4ccc(C)nc34)c2Cl)cc1. The number of nitrogens with zero attached hydrogens (tertiary/aromatic N) is 3. The van der Waals surface area contributed by atoms with Crippen molar-refractivity contribution in [3.63, 3.8) is 0 Å². The van der Waals surface area contributed by atoms with Gasteiger partial charge in [0.1, 0.15) is 23.9 Å². The van der Waals surface area contributed by atoms with Crippen LogP contribution >= 0.6 is 23.2 Å². The van der Waals surface area contributed by atoms with Crippen LogP contribution in [0.3, 0.4) is 0 Å². The average Bonchev–Trinajstić information content (AvgIpc) is 3.58. The first-order chi connectivity index (χ1) is 23.0. The molecule has 0 saturated carbocycles. The molecule has 0 aliphatic carbocycles. The molecular weight excluding hydrogens is 653 g/mol. The van der Waals surface area contributed by atoms with Gasteiger partial charge in [0.2, 0.25) is 23.6 Å². The summed E-state index contributed by atoms with van der Waals surface area (Å²) in [6.45, 7) is 3.74. The normalized spacial score (nSPS) is 14.3. The molecule has 1 aliphatic rings. The number of aryl methyl sites for hydroxylation is 1. The second-order valence-electron chi connectivity index (χ2n) is 11.4. The first-order valence-corrected chi connectivity index (χ1v) is 16.1. The number of likely N-dealkylation sites (N-methyl/N-ethyl adjacent to an activating group) is 1. The Morgan fingerprint density at radius 2 is 1.81 bits per heavy atom. The number of hydrogen-bond acceptors (Lipinski definition) is 6. The van der Waals surface area contributed by atoms with Crippen molar-refractivity contribution in [1.82, 2.24) is 15.2 Å². The molecule has 1 atom stereocenters. The van der Waals surface area contributed by atoms with Crippen LogP contribution in [0.2, 0.25) is 10.0 Å². The number of likely N-dealkylation sites (tertiary alicyclic amines) is 1. The van der Waals surface area contributed by atoms with Crippen molar-refractivity contribution in [1.29, 1.82) is 0 Å². The van der Waals surface area contributed by atoms with Crippen molar-refractivity contribution in [2.75, 3.05) is 30.4 Å². The van der Waals surface area contributed by atoms with Gasteiger partial charge in [-0.05, 0) is 67.8 Å². The molecule has 4 amide bonds. The van der Waals surface area contributed by atoms with Crippen LogP contribution in [-0.2, 0) is 25.8 Å². The van der Waals surface area contributed by atoms with Crippen LogP contribution in [0.1, 0.15) is 36.6 Å². The maximum Gasteiger partial charge on any atom is 0.247 e. The summed E-state index contributed by atoms with van der Waals surface area (Å²) < 4.78 is 6.08. The Morgan fingerprint density at radius 3 is 2.56 bits per heavy atom. The number of amides is 4. The zero-order chi connectivity index (χ0) is 34.4. The smallest absolute Gasteiger partial charge is 0.247 e. The van der Waals surface area contributed by atoms with Crippen molar-refractivity contribution in [2.24, 2.45) is 0 Å². The van der Waals surface area contributed by atoms with Gasteiger partial charge in [0.25, 0.3) is 0 Å². The van der Waals surface area contributed by atoms with Crippen molar-refractivity contribution in [3.05, 3.63) is 99.7 Å². The molecule has 0 unspecified atom stereocenters. The monoisotopic (exact) mass is 687 g/mol. The van der Waals surface area contributed by atoms with E-state index in [1.54, 1.807) is 54.4 Å². The largest absolute Gasteiger partial charge is 0.487 e. The second-order valence-corrected chi connectivity index (χ2v) is 12.2. The molecule has 0 spiro atoms. The van der Waals surface area contributed by atoms with E-state index in [9.17, 15) is 19.2 Å². The van der Waals surface area contributed by atoms with Crippen molar-refractivity contribution in [3.8, 4) is 5.75 Å². The zero-order valence-corrected chi connectivity index (χ0v) is 28.3. The highest BCUT2D eigenvalue weighted by molar-refractivity contribution is 6.38. The van der Waals surface area contributed by atoms with E-state index >= 15 is 0 Å². The van der Waals surface area contributed by atoms with Gasteiger partial charge in [0, 0.05) is 53.9 Å². The van der Waals surface area contributed by atoms with Gasteiger partial charge in [0.05, 0.1) is 17.3 Å². The number of hydrogen-bond donors (Lipinski definition) is 2. The Kier molecular flexibility index (Phi) is 11.0. The third-order valence-corrected chi connectivity index (χ3v) is 8.85. The minimum atomic E-state index is -0.470. The maximum atomic E-state index is 13.0. The van der Waals surface area contributed by atoms with E-state index in [0.717, 1.165) is 28.6 Å². The molecule has 1 aromatic heterocycles. The fourth-order valence-electron chi connectivity index (χ4n) is 5.43. The van der Waals surface area contributed by atoms with Crippen LogP contribution in [0.5, 0.6) is 5.75 Å². The number of anilines is 2. The Morgan fingerprint density at radius 1 is 1.04 bits per heavy atom. The van der Waals surface area contributed by atoms with Gasteiger partial charge < -0.3 is 25.2 Å². The molecule has 1 aliphatic heterocycles. The number of fused-ring (bicyclic) bond motifs is 1. The molecule has 48 heavy (non-hydrogen) atoms. The molecule has 0 bridgehead atoms. The van der Waals surface area contributed by atoms with Crippen LogP contribution in [0.4, 0.5) is 11.4 Å². The van der Waals surface area contributed by atoms with Crippen LogP contribution in [0.15, 0.2) is 72.8 Å². The van der Waals surface area contributed by atoms with Crippen molar-refractivity contribution in [2.45, 2.75) is 39.3 Å². The van der Waals surface area contributed by atoms with Gasteiger partial charge in [-0.3, -0.25) is 19.2 Å². The first kappa shape index (κ1) is 34.4. The molecule has 3 aromatic carbocycles. The van der Waals surface area contributed by atoms with Crippen molar-refractivity contribution >= 4 is 75.2 Å². The summed E-state index contributed by atoms with van der Waals surface area (Å²) in [7, 11) is 1.56. The average molecular weight is 689 g/mol. The van der Waals surface area contributed by atoms with Gasteiger partial charge in [-0.15, -0.1) is 0 Å². The molecular formula is C36H35Cl2N5O5. The molecule has 248 valence electrons. The summed E-state index contributed by atoms with van der Waals surface area (Å²) in [5.74, 6) is -0.618. The number of rotatable bonds is 10. The second kappa shape index (κ2) is 15.3. The molecule has 2 N–H and O–H groups in total. The lowest BCUT2D eigenvalue weighted by Crippen LogP contribution is -2.42. The highest BCUT2D eigenvalue weighted by Gasteiger charge is 2.32. The Balaban J connectivity index is 1.14. The number of para-hydroxylation sites is 1. The molecule has 10 nitrogen and oxygen atoms in total. The fraction of sp³-hybridized carbons (Fsp3) is 0.250. The van der Waals surface area contributed by atoms with E-state index in [0.29, 0.717) is 40.7 Å². The van der Waals surface area contributed by atoms with Gasteiger partial charge in [0.15, 0.2) is 0 Å². The number of benzene rings is 3. The van der Waals surface area contributed by atoms with Crippen LogP contribution in [-0.4, -0.2) is 59.7 Å². The third-order valence-electron chi connectivity index (χ3n) is 8.07. The van der Waals surface area contributed by atoms with Gasteiger partial charge in [-0.2, -0.15) is 0 Å². The van der Waals surface area contributed by atoms with E-state index in [2.05, 4.69) is 15.6 Å². The Labute approximate surface area is 288 Å². The molecule has 1 saturated heterocycles. The molecule has 12 heteroatoms. The van der Waals surface area contributed by atoms with Crippen molar-refractivity contribution < 1.29 is 23.9 Å². The van der Waals surface area contributed by atoms with Crippen LogP contribution in [0.25, 0.3) is 17.0 Å². The maximum absolute atomic E-state index is 13.0. The minimum absolute atomic E-state index is 0.0517. The minimum Gasteiger partial charge on any atom is -0.487 e. The molecule has 0 radical (unpaired) electrons. The number of ether oxygens (including phenoxy) is 1. The topological polar surface area (TPSA) is 121 Å². The Hall–Kier alpha value is -4.93. The van der Waals surface area contributed by atoms with E-state index in [1.165, 1.54) is 17.9 Å². The van der Waals surface area contributed by atoms with Gasteiger partial charge in [-0.1, -0.05) is 53.5 Å². The predicted octanol–water partition coefficient (Wildman–Crippen LogP) is 6.17. The van der Waals surface area contributed by atoms with Gasteiger partial charge >= 0.3 is 0 Å². The molecule has 2 heterocycles. The van der Waals surface area contributed by atoms with E-state index in [4.69, 9.17) is 27.9 Å².